The first-order valence-corrected chi connectivity index (χ1v) is 7.17. The molecular formula is C15H15N3OS. The monoisotopic (exact) mass is 285 g/mol. The fourth-order valence-corrected chi connectivity index (χ4v) is 3.07. The van der Waals surface area contributed by atoms with Gasteiger partial charge in [-0.15, -0.1) is 11.3 Å². The van der Waals surface area contributed by atoms with Gasteiger partial charge in [-0.25, -0.2) is 4.98 Å². The Morgan fingerprint density at radius 1 is 1.10 bits per heavy atom. The maximum atomic E-state index is 5.83. The number of anilines is 2. The highest BCUT2D eigenvalue weighted by atomic mass is 32.1. The van der Waals surface area contributed by atoms with Crippen LogP contribution in [-0.4, -0.2) is 11.6 Å². The van der Waals surface area contributed by atoms with E-state index < -0.39 is 0 Å². The van der Waals surface area contributed by atoms with Gasteiger partial charge in [-0.05, 0) is 43.3 Å². The number of thiazole rings is 1. The van der Waals surface area contributed by atoms with Crippen molar-refractivity contribution < 1.29 is 4.74 Å². The van der Waals surface area contributed by atoms with Crippen LogP contribution in [-0.2, 0) is 0 Å². The third-order valence-electron chi connectivity index (χ3n) is 2.90. The lowest BCUT2D eigenvalue weighted by Crippen LogP contribution is -1.91. The normalized spacial score (nSPS) is 10.8. The molecule has 0 unspecified atom stereocenters. The van der Waals surface area contributed by atoms with Crippen LogP contribution in [0.3, 0.4) is 0 Å². The zero-order valence-corrected chi connectivity index (χ0v) is 11.9. The van der Waals surface area contributed by atoms with E-state index in [2.05, 4.69) is 4.98 Å². The summed E-state index contributed by atoms with van der Waals surface area (Å²) >= 11 is 1.61. The van der Waals surface area contributed by atoms with Crippen LogP contribution in [0.4, 0.5) is 11.4 Å². The van der Waals surface area contributed by atoms with Gasteiger partial charge in [-0.2, -0.15) is 0 Å². The largest absolute Gasteiger partial charge is 0.494 e. The van der Waals surface area contributed by atoms with Crippen molar-refractivity contribution in [1.29, 1.82) is 0 Å². The van der Waals surface area contributed by atoms with Crippen molar-refractivity contribution in [3.63, 3.8) is 0 Å². The number of nitrogen functional groups attached to an aromatic ring is 2. The van der Waals surface area contributed by atoms with Crippen molar-refractivity contribution in [2.24, 2.45) is 0 Å². The van der Waals surface area contributed by atoms with E-state index >= 15 is 0 Å². The van der Waals surface area contributed by atoms with Crippen LogP contribution < -0.4 is 16.2 Å². The summed E-state index contributed by atoms with van der Waals surface area (Å²) in [4.78, 5) is 4.62. The van der Waals surface area contributed by atoms with Crippen LogP contribution in [0, 0.1) is 0 Å². The van der Waals surface area contributed by atoms with Gasteiger partial charge in [-0.1, -0.05) is 0 Å². The standard InChI is InChI=1S/C15H15N3OS/c1-2-19-12-3-4-13-14(8-12)20-15(18-13)9-5-10(16)7-11(17)6-9/h3-8H,2,16-17H2,1H3. The highest BCUT2D eigenvalue weighted by Crippen LogP contribution is 2.33. The Morgan fingerprint density at radius 3 is 2.55 bits per heavy atom. The summed E-state index contributed by atoms with van der Waals surface area (Å²) in [7, 11) is 0. The zero-order chi connectivity index (χ0) is 14.1. The zero-order valence-electron chi connectivity index (χ0n) is 11.1. The molecule has 3 aromatic rings. The molecule has 0 amide bonds. The van der Waals surface area contributed by atoms with E-state index in [-0.39, 0.29) is 0 Å². The molecule has 0 bridgehead atoms. The number of nitrogens with zero attached hydrogens (tertiary/aromatic N) is 1. The topological polar surface area (TPSA) is 74.2 Å². The van der Waals surface area contributed by atoms with Gasteiger partial charge < -0.3 is 16.2 Å². The molecular weight excluding hydrogens is 270 g/mol. The first kappa shape index (κ1) is 12.7. The predicted molar refractivity (Wildman–Crippen MR) is 85.0 cm³/mol. The summed E-state index contributed by atoms with van der Waals surface area (Å²) in [5.74, 6) is 0.863. The number of benzene rings is 2. The lowest BCUT2D eigenvalue weighted by Gasteiger charge is -2.00. The Labute approximate surface area is 121 Å². The van der Waals surface area contributed by atoms with E-state index in [4.69, 9.17) is 16.2 Å². The Hall–Kier alpha value is -2.27. The van der Waals surface area contributed by atoms with E-state index in [0.29, 0.717) is 18.0 Å². The summed E-state index contributed by atoms with van der Waals surface area (Å²) in [5, 5.41) is 0.910. The molecule has 0 aliphatic carbocycles. The number of hydrogen-bond acceptors (Lipinski definition) is 5. The summed E-state index contributed by atoms with van der Waals surface area (Å²) in [5.41, 5.74) is 14.9. The highest BCUT2D eigenvalue weighted by Gasteiger charge is 2.08. The van der Waals surface area contributed by atoms with Gasteiger partial charge in [0.2, 0.25) is 0 Å². The average molecular weight is 285 g/mol. The Balaban J connectivity index is 2.08. The number of aromatic nitrogens is 1. The highest BCUT2D eigenvalue weighted by molar-refractivity contribution is 7.21. The van der Waals surface area contributed by atoms with E-state index in [0.717, 1.165) is 26.5 Å². The number of hydrogen-bond donors (Lipinski definition) is 2. The molecule has 0 radical (unpaired) electrons. The fourth-order valence-electron chi connectivity index (χ4n) is 2.08. The van der Waals surface area contributed by atoms with Gasteiger partial charge in [0.1, 0.15) is 10.8 Å². The second-order valence-electron chi connectivity index (χ2n) is 4.47. The lowest BCUT2D eigenvalue weighted by molar-refractivity contribution is 0.341. The summed E-state index contributed by atoms with van der Waals surface area (Å²) in [6.07, 6.45) is 0. The maximum absolute atomic E-state index is 5.83. The van der Waals surface area contributed by atoms with Crippen LogP contribution in [0.1, 0.15) is 6.92 Å². The van der Waals surface area contributed by atoms with Crippen LogP contribution >= 0.6 is 11.3 Å². The van der Waals surface area contributed by atoms with E-state index in [1.54, 1.807) is 17.4 Å². The van der Waals surface area contributed by atoms with Crippen LogP contribution in [0.5, 0.6) is 5.75 Å². The molecule has 20 heavy (non-hydrogen) atoms. The average Bonchev–Trinajstić information content (AvgIpc) is 2.81. The van der Waals surface area contributed by atoms with E-state index in [9.17, 15) is 0 Å². The van der Waals surface area contributed by atoms with Gasteiger partial charge in [0.15, 0.2) is 0 Å². The minimum absolute atomic E-state index is 0.647. The Kier molecular flexibility index (Phi) is 3.20. The SMILES string of the molecule is CCOc1ccc2nc(-c3cc(N)cc(N)c3)sc2c1. The molecule has 1 aromatic heterocycles. The van der Waals surface area contributed by atoms with Crippen molar-refractivity contribution in [3.05, 3.63) is 36.4 Å². The van der Waals surface area contributed by atoms with Crippen LogP contribution in [0.2, 0.25) is 0 Å². The van der Waals surface area contributed by atoms with Crippen molar-refractivity contribution in [3.8, 4) is 16.3 Å². The maximum Gasteiger partial charge on any atom is 0.124 e. The molecule has 0 saturated carbocycles. The van der Waals surface area contributed by atoms with Crippen molar-refractivity contribution in [2.75, 3.05) is 18.1 Å². The number of nitrogens with two attached hydrogens (primary N) is 2. The molecule has 5 heteroatoms. The van der Waals surface area contributed by atoms with Gasteiger partial charge in [0, 0.05) is 16.9 Å². The Morgan fingerprint density at radius 2 is 1.85 bits per heavy atom. The molecule has 0 saturated heterocycles. The fraction of sp³-hybridized carbons (Fsp3) is 0.133. The smallest absolute Gasteiger partial charge is 0.124 e. The van der Waals surface area contributed by atoms with Gasteiger partial charge in [-0.3, -0.25) is 0 Å². The van der Waals surface area contributed by atoms with Crippen molar-refractivity contribution in [1.82, 2.24) is 4.98 Å². The van der Waals surface area contributed by atoms with E-state index in [1.807, 2.05) is 37.3 Å². The third-order valence-corrected chi connectivity index (χ3v) is 3.96. The predicted octanol–water partition coefficient (Wildman–Crippen LogP) is 3.53. The molecule has 0 spiro atoms. The third kappa shape index (κ3) is 2.40. The van der Waals surface area contributed by atoms with Crippen molar-refractivity contribution >= 4 is 32.9 Å². The molecule has 0 atom stereocenters. The van der Waals surface area contributed by atoms with Crippen molar-refractivity contribution in [2.45, 2.75) is 6.92 Å². The summed E-state index contributed by atoms with van der Waals surface area (Å²) < 4.78 is 6.60. The quantitative estimate of drug-likeness (QED) is 0.722. The first-order valence-electron chi connectivity index (χ1n) is 6.35. The Bertz CT molecular complexity index is 747. The molecule has 4 N–H and O–H groups in total. The van der Waals surface area contributed by atoms with Crippen LogP contribution in [0.25, 0.3) is 20.8 Å². The van der Waals surface area contributed by atoms with Gasteiger partial charge in [0.25, 0.3) is 0 Å². The molecule has 4 nitrogen and oxygen atoms in total. The first-order chi connectivity index (χ1) is 9.65. The lowest BCUT2D eigenvalue weighted by atomic mass is 10.2. The molecule has 0 aliphatic heterocycles. The minimum atomic E-state index is 0.647. The molecule has 3 rings (SSSR count). The summed E-state index contributed by atoms with van der Waals surface area (Å²) in [6, 6.07) is 11.4. The van der Waals surface area contributed by atoms with Gasteiger partial charge >= 0.3 is 0 Å². The number of ether oxygens (including phenoxy) is 1. The second kappa shape index (κ2) is 5.02. The van der Waals surface area contributed by atoms with E-state index in [1.165, 1.54) is 0 Å². The van der Waals surface area contributed by atoms with Crippen LogP contribution in [0.15, 0.2) is 36.4 Å². The second-order valence-corrected chi connectivity index (χ2v) is 5.50. The van der Waals surface area contributed by atoms with Gasteiger partial charge in [0.05, 0.1) is 16.8 Å². The molecule has 1 heterocycles. The number of rotatable bonds is 3. The number of fused-ring (bicyclic) bond motifs is 1. The minimum Gasteiger partial charge on any atom is -0.494 e. The summed E-state index contributed by atoms with van der Waals surface area (Å²) in [6.45, 7) is 2.63. The molecule has 0 aliphatic rings. The molecule has 0 fully saturated rings. The molecule has 2 aromatic carbocycles. The molecule has 102 valence electrons.